The van der Waals surface area contributed by atoms with E-state index in [2.05, 4.69) is 41.2 Å². The fraction of sp³-hybridized carbons (Fsp3) is 0.643. The van der Waals surface area contributed by atoms with Crippen LogP contribution in [0.15, 0.2) is 18.3 Å². The van der Waals surface area contributed by atoms with Crippen molar-refractivity contribution in [3.8, 4) is 0 Å². The average molecular weight is 231 g/mol. The first kappa shape index (κ1) is 11.0. The molecule has 3 rings (SSSR count). The Morgan fingerprint density at radius 3 is 2.47 bits per heavy atom. The number of nitrogens with one attached hydrogen (secondary N) is 1. The number of pyridine rings is 1. The van der Waals surface area contributed by atoms with E-state index in [1.807, 2.05) is 6.20 Å². The second kappa shape index (κ2) is 4.30. The van der Waals surface area contributed by atoms with Gasteiger partial charge < -0.3 is 10.2 Å². The Morgan fingerprint density at radius 2 is 1.94 bits per heavy atom. The van der Waals surface area contributed by atoms with E-state index in [0.29, 0.717) is 18.0 Å². The molecule has 0 aliphatic carbocycles. The third-order valence-corrected chi connectivity index (χ3v) is 4.08. The van der Waals surface area contributed by atoms with Gasteiger partial charge in [0.05, 0.1) is 0 Å². The number of nitrogens with zero attached hydrogens (tertiary/aromatic N) is 2. The van der Waals surface area contributed by atoms with Gasteiger partial charge >= 0.3 is 0 Å². The van der Waals surface area contributed by atoms with Crippen LogP contribution in [0.4, 0.5) is 5.82 Å². The number of aromatic nitrogens is 1. The zero-order valence-corrected chi connectivity index (χ0v) is 10.7. The minimum Gasteiger partial charge on any atom is -0.348 e. The average Bonchev–Trinajstić information content (AvgIpc) is 2.59. The van der Waals surface area contributed by atoms with Crippen LogP contribution in [-0.4, -0.2) is 30.2 Å². The van der Waals surface area contributed by atoms with Crippen molar-refractivity contribution in [2.24, 2.45) is 0 Å². The van der Waals surface area contributed by atoms with Gasteiger partial charge in [-0.15, -0.1) is 0 Å². The third kappa shape index (κ3) is 1.93. The summed E-state index contributed by atoms with van der Waals surface area (Å²) in [7, 11) is 0. The Hall–Kier alpha value is -1.09. The molecule has 2 saturated heterocycles. The highest BCUT2D eigenvalue weighted by atomic mass is 15.3. The minimum absolute atomic E-state index is 0.566. The van der Waals surface area contributed by atoms with Crippen molar-refractivity contribution >= 4 is 5.82 Å². The highest BCUT2D eigenvalue weighted by Gasteiger charge is 2.36. The normalized spacial score (nSPS) is 27.8. The molecular weight excluding hydrogens is 210 g/mol. The molecule has 0 spiro atoms. The molecule has 2 aliphatic rings. The lowest BCUT2D eigenvalue weighted by atomic mass is 10.1. The number of rotatable bonds is 2. The van der Waals surface area contributed by atoms with Gasteiger partial charge in [-0.1, -0.05) is 19.9 Å². The molecule has 92 valence electrons. The van der Waals surface area contributed by atoms with Crippen molar-refractivity contribution in [1.82, 2.24) is 10.3 Å². The van der Waals surface area contributed by atoms with E-state index in [1.165, 1.54) is 24.2 Å². The summed E-state index contributed by atoms with van der Waals surface area (Å²) < 4.78 is 0. The zero-order valence-electron chi connectivity index (χ0n) is 10.7. The van der Waals surface area contributed by atoms with Crippen LogP contribution >= 0.6 is 0 Å². The molecule has 1 aromatic heterocycles. The Balaban J connectivity index is 1.84. The van der Waals surface area contributed by atoms with Gasteiger partial charge in [0.1, 0.15) is 5.82 Å². The molecule has 2 unspecified atom stereocenters. The lowest BCUT2D eigenvalue weighted by Crippen LogP contribution is -2.52. The molecule has 0 saturated carbocycles. The van der Waals surface area contributed by atoms with E-state index in [1.54, 1.807) is 0 Å². The monoisotopic (exact) mass is 231 g/mol. The van der Waals surface area contributed by atoms with Crippen molar-refractivity contribution in [1.29, 1.82) is 0 Å². The quantitative estimate of drug-likeness (QED) is 0.845. The van der Waals surface area contributed by atoms with Gasteiger partial charge in [-0.05, 0) is 30.4 Å². The van der Waals surface area contributed by atoms with E-state index in [4.69, 9.17) is 0 Å². The molecular formula is C14H21N3. The van der Waals surface area contributed by atoms with Crippen LogP contribution in [0.25, 0.3) is 0 Å². The highest BCUT2D eigenvalue weighted by molar-refractivity contribution is 5.45. The summed E-state index contributed by atoms with van der Waals surface area (Å²) in [5.41, 5.74) is 1.33. The van der Waals surface area contributed by atoms with E-state index < -0.39 is 0 Å². The lowest BCUT2D eigenvalue weighted by molar-refractivity contribution is 0.481. The molecule has 2 bridgehead atoms. The molecule has 2 aliphatic heterocycles. The number of piperazine rings is 1. The number of anilines is 1. The van der Waals surface area contributed by atoms with Crippen LogP contribution in [0.2, 0.25) is 0 Å². The number of fused-ring (bicyclic) bond motifs is 2. The summed E-state index contributed by atoms with van der Waals surface area (Å²) in [5.74, 6) is 1.74. The number of hydrogen-bond donors (Lipinski definition) is 1. The Kier molecular flexibility index (Phi) is 2.79. The fourth-order valence-corrected chi connectivity index (χ4v) is 3.04. The first-order valence-electron chi connectivity index (χ1n) is 6.70. The molecule has 1 N–H and O–H groups in total. The Bertz CT molecular complexity index is 369. The van der Waals surface area contributed by atoms with Gasteiger partial charge in [-0.3, -0.25) is 0 Å². The third-order valence-electron chi connectivity index (χ3n) is 4.08. The van der Waals surface area contributed by atoms with Crippen LogP contribution in [0.1, 0.15) is 38.2 Å². The predicted molar refractivity (Wildman–Crippen MR) is 70.5 cm³/mol. The topological polar surface area (TPSA) is 28.2 Å². The van der Waals surface area contributed by atoms with Gasteiger partial charge in [-0.2, -0.15) is 0 Å². The summed E-state index contributed by atoms with van der Waals surface area (Å²) in [4.78, 5) is 7.19. The van der Waals surface area contributed by atoms with E-state index in [-0.39, 0.29) is 0 Å². The highest BCUT2D eigenvalue weighted by Crippen LogP contribution is 2.31. The van der Waals surface area contributed by atoms with Gasteiger partial charge in [0.15, 0.2) is 0 Å². The summed E-state index contributed by atoms with van der Waals surface area (Å²) in [6.45, 7) is 6.66. The van der Waals surface area contributed by atoms with Gasteiger partial charge in [0.2, 0.25) is 0 Å². The van der Waals surface area contributed by atoms with Crippen LogP contribution in [0.3, 0.4) is 0 Å². The van der Waals surface area contributed by atoms with E-state index in [9.17, 15) is 0 Å². The van der Waals surface area contributed by atoms with Gasteiger partial charge in [0, 0.05) is 31.4 Å². The lowest BCUT2D eigenvalue weighted by Gasteiger charge is -2.36. The van der Waals surface area contributed by atoms with Crippen molar-refractivity contribution < 1.29 is 0 Å². The molecule has 17 heavy (non-hydrogen) atoms. The van der Waals surface area contributed by atoms with Crippen LogP contribution in [0, 0.1) is 0 Å². The summed E-state index contributed by atoms with van der Waals surface area (Å²) >= 11 is 0. The van der Waals surface area contributed by atoms with Gasteiger partial charge in [-0.25, -0.2) is 4.98 Å². The van der Waals surface area contributed by atoms with E-state index >= 15 is 0 Å². The zero-order chi connectivity index (χ0) is 11.8. The van der Waals surface area contributed by atoms with Crippen molar-refractivity contribution in [3.63, 3.8) is 0 Å². The SMILES string of the molecule is CC(C)c1ccc(N2C3CCC2CNC3)nc1. The smallest absolute Gasteiger partial charge is 0.129 e. The molecule has 0 amide bonds. The molecule has 3 nitrogen and oxygen atoms in total. The maximum Gasteiger partial charge on any atom is 0.129 e. The molecule has 3 heteroatoms. The summed E-state index contributed by atoms with van der Waals surface area (Å²) in [6.07, 6.45) is 4.66. The summed E-state index contributed by atoms with van der Waals surface area (Å²) in [5, 5.41) is 3.51. The number of hydrogen-bond acceptors (Lipinski definition) is 3. The molecule has 0 radical (unpaired) electrons. The first-order valence-corrected chi connectivity index (χ1v) is 6.70. The largest absolute Gasteiger partial charge is 0.348 e. The molecule has 0 aromatic carbocycles. The van der Waals surface area contributed by atoms with Crippen LogP contribution < -0.4 is 10.2 Å². The van der Waals surface area contributed by atoms with E-state index in [0.717, 1.165) is 13.1 Å². The Morgan fingerprint density at radius 1 is 1.24 bits per heavy atom. The first-order chi connectivity index (χ1) is 8.25. The molecule has 2 fully saturated rings. The molecule has 1 aromatic rings. The second-order valence-corrected chi connectivity index (χ2v) is 5.55. The molecule has 2 atom stereocenters. The Labute approximate surface area is 103 Å². The minimum atomic E-state index is 0.566. The van der Waals surface area contributed by atoms with Crippen molar-refractivity contribution in [2.75, 3.05) is 18.0 Å². The predicted octanol–water partition coefficient (Wildman–Crippen LogP) is 2.15. The van der Waals surface area contributed by atoms with Crippen molar-refractivity contribution in [2.45, 2.75) is 44.7 Å². The maximum absolute atomic E-state index is 4.66. The fourth-order valence-electron chi connectivity index (χ4n) is 3.04. The van der Waals surface area contributed by atoms with Gasteiger partial charge in [0.25, 0.3) is 0 Å². The second-order valence-electron chi connectivity index (χ2n) is 5.55. The van der Waals surface area contributed by atoms with Crippen molar-refractivity contribution in [3.05, 3.63) is 23.9 Å². The molecule has 3 heterocycles. The van der Waals surface area contributed by atoms with Crippen LogP contribution in [-0.2, 0) is 0 Å². The summed E-state index contributed by atoms with van der Waals surface area (Å²) in [6, 6.07) is 5.75. The van der Waals surface area contributed by atoms with Crippen LogP contribution in [0.5, 0.6) is 0 Å². The maximum atomic E-state index is 4.66. The standard InChI is InChI=1S/C14H21N3/c1-10(2)11-3-6-14(16-7-11)17-12-4-5-13(17)9-15-8-12/h3,6-7,10,12-13,15H,4-5,8-9H2,1-2H3.